The van der Waals surface area contributed by atoms with Gasteiger partial charge in [0.05, 0.1) is 5.69 Å². The molecule has 6 heteroatoms. The van der Waals surface area contributed by atoms with Crippen molar-refractivity contribution in [3.63, 3.8) is 0 Å². The number of nitriles is 1. The van der Waals surface area contributed by atoms with E-state index in [4.69, 9.17) is 21.6 Å². The van der Waals surface area contributed by atoms with E-state index in [9.17, 15) is 5.26 Å². The predicted molar refractivity (Wildman–Crippen MR) is 116 cm³/mol. The zero-order valence-corrected chi connectivity index (χ0v) is 16.9. The van der Waals surface area contributed by atoms with Crippen LogP contribution in [0.5, 0.6) is 0 Å². The molecule has 0 bridgehead atoms. The molecular formula is C23H15ClN4S. The van der Waals surface area contributed by atoms with Crippen LogP contribution in [0.15, 0.2) is 84.1 Å². The molecule has 2 heterocycles. The Bertz CT molecular complexity index is 1160. The number of benzene rings is 2. The van der Waals surface area contributed by atoms with Gasteiger partial charge in [0, 0.05) is 34.3 Å². The van der Waals surface area contributed by atoms with Crippen LogP contribution >= 0.6 is 23.4 Å². The third kappa shape index (κ3) is 4.45. The van der Waals surface area contributed by atoms with Crippen molar-refractivity contribution in [2.24, 2.45) is 0 Å². The number of pyridine rings is 1. The second-order valence-corrected chi connectivity index (χ2v) is 7.61. The molecule has 0 N–H and O–H groups in total. The van der Waals surface area contributed by atoms with Gasteiger partial charge >= 0.3 is 0 Å². The third-order valence-electron chi connectivity index (χ3n) is 4.26. The maximum Gasteiger partial charge on any atom is 0.161 e. The van der Waals surface area contributed by atoms with Gasteiger partial charge in [-0.25, -0.2) is 9.97 Å². The molecular weight excluding hydrogens is 400 g/mol. The largest absolute Gasteiger partial charge is 0.265 e. The number of rotatable bonds is 5. The summed E-state index contributed by atoms with van der Waals surface area (Å²) in [5.74, 6) is 1.27. The van der Waals surface area contributed by atoms with Crippen LogP contribution in [0, 0.1) is 11.3 Å². The van der Waals surface area contributed by atoms with Crippen LogP contribution in [0.2, 0.25) is 5.02 Å². The van der Waals surface area contributed by atoms with Crippen molar-refractivity contribution in [1.29, 1.82) is 5.26 Å². The first kappa shape index (κ1) is 19.1. The fourth-order valence-corrected chi connectivity index (χ4v) is 3.88. The first-order chi connectivity index (χ1) is 14.2. The molecule has 2 aromatic heterocycles. The van der Waals surface area contributed by atoms with E-state index < -0.39 is 0 Å². The third-order valence-corrected chi connectivity index (χ3v) is 5.56. The van der Waals surface area contributed by atoms with Gasteiger partial charge in [-0.2, -0.15) is 5.26 Å². The zero-order valence-electron chi connectivity index (χ0n) is 15.3. The lowest BCUT2D eigenvalue weighted by Crippen LogP contribution is -2.00. The smallest absolute Gasteiger partial charge is 0.161 e. The lowest BCUT2D eigenvalue weighted by molar-refractivity contribution is 1.04. The lowest BCUT2D eigenvalue weighted by atomic mass is 10.1. The summed E-state index contributed by atoms with van der Waals surface area (Å²) >= 11 is 7.57. The fraction of sp³-hybridized carbons (Fsp3) is 0.0435. The summed E-state index contributed by atoms with van der Waals surface area (Å²) in [7, 11) is 0. The molecule has 140 valence electrons. The number of hydrogen-bond donors (Lipinski definition) is 0. The molecule has 4 nitrogen and oxygen atoms in total. The van der Waals surface area contributed by atoms with Crippen molar-refractivity contribution in [2.45, 2.75) is 10.8 Å². The highest BCUT2D eigenvalue weighted by molar-refractivity contribution is 7.98. The van der Waals surface area contributed by atoms with Crippen molar-refractivity contribution in [2.75, 3.05) is 0 Å². The van der Waals surface area contributed by atoms with E-state index in [1.165, 1.54) is 17.3 Å². The van der Waals surface area contributed by atoms with E-state index in [1.54, 1.807) is 24.5 Å². The first-order valence-electron chi connectivity index (χ1n) is 8.90. The summed E-state index contributed by atoms with van der Waals surface area (Å²) in [6.45, 7) is 0. The molecule has 29 heavy (non-hydrogen) atoms. The zero-order chi connectivity index (χ0) is 20.1. The standard InChI is InChI=1S/C23H15ClN4S/c24-19-8-6-17(7-9-19)21-20(14-25)23(29-15-16-4-2-1-3-5-16)28-22(27-21)18-10-12-26-13-11-18/h1-13H,15H2. The second-order valence-electron chi connectivity index (χ2n) is 6.20. The van der Waals surface area contributed by atoms with Crippen LogP contribution in [0.1, 0.15) is 11.1 Å². The molecule has 2 aromatic carbocycles. The highest BCUT2D eigenvalue weighted by Gasteiger charge is 2.17. The summed E-state index contributed by atoms with van der Waals surface area (Å²) in [5, 5.41) is 11.2. The monoisotopic (exact) mass is 414 g/mol. The number of hydrogen-bond acceptors (Lipinski definition) is 5. The van der Waals surface area contributed by atoms with Gasteiger partial charge in [-0.15, -0.1) is 11.8 Å². The van der Waals surface area contributed by atoms with Crippen molar-refractivity contribution >= 4 is 23.4 Å². The Morgan fingerprint density at radius 3 is 2.28 bits per heavy atom. The SMILES string of the molecule is N#Cc1c(SCc2ccccc2)nc(-c2ccncc2)nc1-c1ccc(Cl)cc1. The van der Waals surface area contributed by atoms with Crippen LogP contribution in [-0.2, 0) is 5.75 Å². The number of nitrogens with zero attached hydrogens (tertiary/aromatic N) is 4. The molecule has 4 rings (SSSR count). The normalized spacial score (nSPS) is 10.5. The fourth-order valence-electron chi connectivity index (χ4n) is 2.82. The van der Waals surface area contributed by atoms with E-state index in [1.807, 2.05) is 42.5 Å². The van der Waals surface area contributed by atoms with Crippen molar-refractivity contribution in [1.82, 2.24) is 15.0 Å². The van der Waals surface area contributed by atoms with Crippen LogP contribution in [0.4, 0.5) is 0 Å². The molecule has 4 aromatic rings. The van der Waals surface area contributed by atoms with Crippen molar-refractivity contribution in [3.05, 3.63) is 95.3 Å². The van der Waals surface area contributed by atoms with Gasteiger partial charge in [-0.1, -0.05) is 54.1 Å². The minimum absolute atomic E-state index is 0.464. The average Bonchev–Trinajstić information content (AvgIpc) is 2.79. The Labute approximate surface area is 178 Å². The van der Waals surface area contributed by atoms with Gasteiger partial charge in [0.25, 0.3) is 0 Å². The molecule has 0 saturated heterocycles. The Morgan fingerprint density at radius 2 is 1.59 bits per heavy atom. The van der Waals surface area contributed by atoms with Gasteiger partial charge in [-0.3, -0.25) is 4.98 Å². The molecule has 0 fully saturated rings. The van der Waals surface area contributed by atoms with Gasteiger partial charge in [0.1, 0.15) is 16.7 Å². The first-order valence-corrected chi connectivity index (χ1v) is 10.3. The minimum atomic E-state index is 0.464. The summed E-state index contributed by atoms with van der Waals surface area (Å²) in [5.41, 5.74) is 3.90. The molecule has 0 radical (unpaired) electrons. The van der Waals surface area contributed by atoms with Gasteiger partial charge in [0.2, 0.25) is 0 Å². The molecule has 0 spiro atoms. The molecule has 0 aliphatic heterocycles. The lowest BCUT2D eigenvalue weighted by Gasteiger charge is -2.11. The maximum absolute atomic E-state index is 9.89. The molecule has 0 saturated carbocycles. The second kappa shape index (κ2) is 8.87. The van der Waals surface area contributed by atoms with Gasteiger partial charge in [0.15, 0.2) is 5.82 Å². The number of halogens is 1. The van der Waals surface area contributed by atoms with Crippen LogP contribution in [0.3, 0.4) is 0 Å². The average molecular weight is 415 g/mol. The topological polar surface area (TPSA) is 62.5 Å². The highest BCUT2D eigenvalue weighted by atomic mass is 35.5. The van der Waals surface area contributed by atoms with Crippen LogP contribution in [0.25, 0.3) is 22.6 Å². The van der Waals surface area contributed by atoms with Crippen LogP contribution < -0.4 is 0 Å². The summed E-state index contributed by atoms with van der Waals surface area (Å²) in [4.78, 5) is 13.5. The van der Waals surface area contributed by atoms with Crippen molar-refractivity contribution in [3.8, 4) is 28.7 Å². The Hall–Kier alpha value is -3.20. The quantitative estimate of drug-likeness (QED) is 0.295. The predicted octanol–water partition coefficient (Wildman–Crippen LogP) is 6.02. The van der Waals surface area contributed by atoms with E-state index in [-0.39, 0.29) is 0 Å². The maximum atomic E-state index is 9.89. The summed E-state index contributed by atoms with van der Waals surface area (Å²) in [6.07, 6.45) is 3.41. The molecule has 0 unspecified atom stereocenters. The molecule has 0 aliphatic rings. The number of aromatic nitrogens is 3. The van der Waals surface area contributed by atoms with E-state index in [2.05, 4.69) is 23.2 Å². The van der Waals surface area contributed by atoms with Crippen LogP contribution in [-0.4, -0.2) is 15.0 Å². The molecule has 0 amide bonds. The minimum Gasteiger partial charge on any atom is -0.265 e. The Balaban J connectivity index is 1.82. The van der Waals surface area contributed by atoms with E-state index in [0.29, 0.717) is 32.9 Å². The van der Waals surface area contributed by atoms with E-state index >= 15 is 0 Å². The summed E-state index contributed by atoms with van der Waals surface area (Å²) in [6, 6.07) is 23.5. The van der Waals surface area contributed by atoms with Crippen molar-refractivity contribution < 1.29 is 0 Å². The molecule has 0 aliphatic carbocycles. The Kier molecular flexibility index (Phi) is 5.85. The Morgan fingerprint density at radius 1 is 0.862 bits per heavy atom. The highest BCUT2D eigenvalue weighted by Crippen LogP contribution is 2.33. The van der Waals surface area contributed by atoms with Gasteiger partial charge in [-0.05, 0) is 29.8 Å². The number of thioether (sulfide) groups is 1. The summed E-state index contributed by atoms with van der Waals surface area (Å²) < 4.78 is 0. The van der Waals surface area contributed by atoms with Gasteiger partial charge < -0.3 is 0 Å². The van der Waals surface area contributed by atoms with E-state index in [0.717, 1.165) is 11.1 Å². The molecule has 0 atom stereocenters.